The number of thiazole rings is 1. The highest BCUT2D eigenvalue weighted by atomic mass is 127. The van der Waals surface area contributed by atoms with Gasteiger partial charge < -0.3 is 19.7 Å². The van der Waals surface area contributed by atoms with Gasteiger partial charge in [-0.3, -0.25) is 9.89 Å². The molecular weight excluding hydrogens is 513 g/mol. The molecule has 1 unspecified atom stereocenters. The van der Waals surface area contributed by atoms with Crippen LogP contribution in [0.1, 0.15) is 22.3 Å². The first-order valence-electron chi connectivity index (χ1n) is 9.89. The number of nitrogens with one attached hydrogen (secondary N) is 1. The molecule has 0 amide bonds. The number of benzene rings is 1. The summed E-state index contributed by atoms with van der Waals surface area (Å²) < 4.78 is 10.9. The van der Waals surface area contributed by atoms with Crippen molar-refractivity contribution in [1.82, 2.24) is 20.1 Å². The number of aryl methyl sites for hydroxylation is 1. The van der Waals surface area contributed by atoms with Gasteiger partial charge in [0.05, 0.1) is 43.6 Å². The molecule has 0 spiro atoms. The molecule has 30 heavy (non-hydrogen) atoms. The number of methoxy groups -OCH3 is 1. The summed E-state index contributed by atoms with van der Waals surface area (Å²) in [6, 6.07) is 8.57. The second kappa shape index (κ2) is 12.4. The van der Waals surface area contributed by atoms with Crippen molar-refractivity contribution in [3.63, 3.8) is 0 Å². The number of aliphatic imine (C=N–C) groups is 1. The van der Waals surface area contributed by atoms with Crippen molar-refractivity contribution in [2.75, 3.05) is 54.1 Å². The molecule has 1 saturated heterocycles. The van der Waals surface area contributed by atoms with E-state index in [2.05, 4.69) is 42.6 Å². The third-order valence-corrected chi connectivity index (χ3v) is 5.90. The Kier molecular flexibility index (Phi) is 10.3. The first-order chi connectivity index (χ1) is 14.1. The van der Waals surface area contributed by atoms with Crippen LogP contribution in [0.2, 0.25) is 0 Å². The van der Waals surface area contributed by atoms with E-state index in [1.807, 2.05) is 33.2 Å². The second-order valence-corrected chi connectivity index (χ2v) is 8.14. The van der Waals surface area contributed by atoms with Crippen molar-refractivity contribution in [1.29, 1.82) is 0 Å². The van der Waals surface area contributed by atoms with Crippen LogP contribution < -0.4 is 10.1 Å². The maximum absolute atomic E-state index is 5.56. The number of nitrogens with zero attached hydrogens (tertiary/aromatic N) is 4. The zero-order chi connectivity index (χ0) is 20.6. The molecule has 0 aliphatic carbocycles. The lowest BCUT2D eigenvalue weighted by molar-refractivity contribution is 0.0169. The maximum atomic E-state index is 5.56. The molecule has 2 aromatic rings. The van der Waals surface area contributed by atoms with Gasteiger partial charge in [-0.25, -0.2) is 4.98 Å². The van der Waals surface area contributed by atoms with E-state index >= 15 is 0 Å². The van der Waals surface area contributed by atoms with Crippen LogP contribution in [-0.4, -0.2) is 74.8 Å². The molecule has 1 aliphatic rings. The maximum Gasteiger partial charge on any atom is 0.193 e. The van der Waals surface area contributed by atoms with Gasteiger partial charge in [0.25, 0.3) is 0 Å². The van der Waals surface area contributed by atoms with Crippen LogP contribution in [0.5, 0.6) is 5.75 Å². The molecule has 1 aromatic heterocycles. The lowest BCUT2D eigenvalue weighted by atomic mass is 10.0. The predicted molar refractivity (Wildman–Crippen MR) is 133 cm³/mol. The van der Waals surface area contributed by atoms with E-state index < -0.39 is 0 Å². The van der Waals surface area contributed by atoms with Crippen molar-refractivity contribution in [3.8, 4) is 5.75 Å². The Morgan fingerprint density at radius 1 is 1.33 bits per heavy atom. The Balaban J connectivity index is 0.00000320. The molecule has 9 heteroatoms. The van der Waals surface area contributed by atoms with Crippen molar-refractivity contribution in [3.05, 3.63) is 45.9 Å². The number of hydrogen-bond acceptors (Lipinski definition) is 6. The fraction of sp³-hybridized carbons (Fsp3) is 0.524. The lowest BCUT2D eigenvalue weighted by Crippen LogP contribution is -2.46. The van der Waals surface area contributed by atoms with Crippen LogP contribution in [0.15, 0.2) is 34.6 Å². The molecule has 1 N–H and O–H groups in total. The van der Waals surface area contributed by atoms with Gasteiger partial charge in [-0.1, -0.05) is 12.1 Å². The van der Waals surface area contributed by atoms with Gasteiger partial charge in [-0.05, 0) is 24.6 Å². The van der Waals surface area contributed by atoms with E-state index in [1.54, 1.807) is 18.4 Å². The highest BCUT2D eigenvalue weighted by Crippen LogP contribution is 2.23. The standard InChI is InChI=1S/C21H31N5O2S.HI/c1-16-24-18(15-29-16)14-25(3)21(22-2)23-13-20(26-9-11-28-12-10-26)17-5-7-19(27-4)8-6-17;/h5-8,15,20H,9-14H2,1-4H3,(H,22,23);1H. The lowest BCUT2D eigenvalue weighted by Gasteiger charge is -2.35. The second-order valence-electron chi connectivity index (χ2n) is 7.08. The molecule has 1 fully saturated rings. The molecule has 3 rings (SSSR count). The monoisotopic (exact) mass is 545 g/mol. The van der Waals surface area contributed by atoms with E-state index in [-0.39, 0.29) is 30.0 Å². The van der Waals surface area contributed by atoms with Crippen molar-refractivity contribution < 1.29 is 9.47 Å². The van der Waals surface area contributed by atoms with Crippen LogP contribution in [0.25, 0.3) is 0 Å². The number of halogens is 1. The van der Waals surface area contributed by atoms with Crippen LogP contribution >= 0.6 is 35.3 Å². The normalized spacial score (nSPS) is 15.9. The number of hydrogen-bond donors (Lipinski definition) is 1. The quantitative estimate of drug-likeness (QED) is 0.328. The molecular formula is C21H32IN5O2S. The number of rotatable bonds is 7. The number of aromatic nitrogens is 1. The Hall–Kier alpha value is -1.43. The fourth-order valence-corrected chi connectivity index (χ4v) is 4.15. The third-order valence-electron chi connectivity index (χ3n) is 5.08. The minimum Gasteiger partial charge on any atom is -0.497 e. The summed E-state index contributed by atoms with van der Waals surface area (Å²) in [6.45, 7) is 6.90. The number of guanidine groups is 1. The zero-order valence-electron chi connectivity index (χ0n) is 18.1. The summed E-state index contributed by atoms with van der Waals surface area (Å²) in [4.78, 5) is 13.6. The average Bonchev–Trinajstić information content (AvgIpc) is 3.16. The number of morpholine rings is 1. The summed E-state index contributed by atoms with van der Waals surface area (Å²) in [5.74, 6) is 1.74. The van der Waals surface area contributed by atoms with E-state index in [4.69, 9.17) is 9.47 Å². The summed E-state index contributed by atoms with van der Waals surface area (Å²) in [7, 11) is 5.56. The SMILES string of the molecule is CN=C(NCC(c1ccc(OC)cc1)N1CCOCC1)N(C)Cc1csc(C)n1.I. The highest BCUT2D eigenvalue weighted by molar-refractivity contribution is 14.0. The largest absolute Gasteiger partial charge is 0.497 e. The molecule has 1 aromatic carbocycles. The van der Waals surface area contributed by atoms with Crippen LogP contribution in [0.4, 0.5) is 0 Å². The predicted octanol–water partition coefficient (Wildman–Crippen LogP) is 3.16. The van der Waals surface area contributed by atoms with Crippen LogP contribution in [0.3, 0.4) is 0 Å². The molecule has 1 aliphatic heterocycles. The van der Waals surface area contributed by atoms with Gasteiger partial charge in [0.2, 0.25) is 0 Å². The van der Waals surface area contributed by atoms with Gasteiger partial charge in [0.1, 0.15) is 5.75 Å². The molecule has 166 valence electrons. The summed E-state index contributed by atoms with van der Waals surface area (Å²) in [6.07, 6.45) is 0. The summed E-state index contributed by atoms with van der Waals surface area (Å²) >= 11 is 1.68. The first-order valence-corrected chi connectivity index (χ1v) is 10.8. The van der Waals surface area contributed by atoms with E-state index in [0.29, 0.717) is 0 Å². The molecule has 2 heterocycles. The zero-order valence-corrected chi connectivity index (χ0v) is 21.3. The summed E-state index contributed by atoms with van der Waals surface area (Å²) in [5, 5.41) is 6.75. The van der Waals surface area contributed by atoms with Gasteiger partial charge >= 0.3 is 0 Å². The van der Waals surface area contributed by atoms with Crippen LogP contribution in [-0.2, 0) is 11.3 Å². The van der Waals surface area contributed by atoms with Gasteiger partial charge in [0, 0.05) is 39.1 Å². The highest BCUT2D eigenvalue weighted by Gasteiger charge is 2.23. The van der Waals surface area contributed by atoms with E-state index in [0.717, 1.165) is 61.8 Å². The van der Waals surface area contributed by atoms with Crippen molar-refractivity contribution in [2.45, 2.75) is 19.5 Å². The topological polar surface area (TPSA) is 62.2 Å². The Morgan fingerprint density at radius 3 is 2.60 bits per heavy atom. The third kappa shape index (κ3) is 6.79. The van der Waals surface area contributed by atoms with Crippen molar-refractivity contribution in [2.24, 2.45) is 4.99 Å². The molecule has 0 radical (unpaired) electrons. The van der Waals surface area contributed by atoms with Crippen LogP contribution in [0, 0.1) is 6.92 Å². The van der Waals surface area contributed by atoms with Crippen molar-refractivity contribution >= 4 is 41.3 Å². The molecule has 0 saturated carbocycles. The van der Waals surface area contributed by atoms with E-state index in [1.165, 1.54) is 5.56 Å². The molecule has 7 nitrogen and oxygen atoms in total. The Bertz CT molecular complexity index is 793. The Labute approximate surface area is 200 Å². The minimum atomic E-state index is 0. The summed E-state index contributed by atoms with van der Waals surface area (Å²) in [5.41, 5.74) is 2.33. The first kappa shape index (κ1) is 24.8. The minimum absolute atomic E-state index is 0. The molecule has 1 atom stereocenters. The number of ether oxygens (including phenoxy) is 2. The molecule has 0 bridgehead atoms. The smallest absolute Gasteiger partial charge is 0.193 e. The Morgan fingerprint density at radius 2 is 2.03 bits per heavy atom. The van der Waals surface area contributed by atoms with E-state index in [9.17, 15) is 0 Å². The van der Waals surface area contributed by atoms with Gasteiger partial charge in [-0.15, -0.1) is 35.3 Å². The van der Waals surface area contributed by atoms with Gasteiger partial charge in [0.15, 0.2) is 5.96 Å². The average molecular weight is 545 g/mol. The fourth-order valence-electron chi connectivity index (χ4n) is 3.54. The van der Waals surface area contributed by atoms with Gasteiger partial charge in [-0.2, -0.15) is 0 Å².